The summed E-state index contributed by atoms with van der Waals surface area (Å²) >= 11 is 0. The molecule has 0 bridgehead atoms. The van der Waals surface area contributed by atoms with Crippen molar-refractivity contribution in [3.8, 4) is 0 Å². The third kappa shape index (κ3) is 4.72. The van der Waals surface area contributed by atoms with E-state index < -0.39 is 24.8 Å². The Balaban J connectivity index is 3.51. The van der Waals surface area contributed by atoms with E-state index in [0.717, 1.165) is 0 Å². The summed E-state index contributed by atoms with van der Waals surface area (Å²) in [5.74, 6) is -1.03. The predicted octanol–water partition coefficient (Wildman–Crippen LogP) is -1.43. The molecule has 2 atom stereocenters. The molecule has 0 heterocycles. The van der Waals surface area contributed by atoms with E-state index in [-0.39, 0.29) is 12.8 Å². The molecule has 0 aliphatic heterocycles. The number of hydrogen-bond donors (Lipinski definition) is 4. The lowest BCUT2D eigenvalue weighted by molar-refractivity contribution is -0.138. The maximum absolute atomic E-state index is 9.96. The van der Waals surface area contributed by atoms with Crippen molar-refractivity contribution in [2.75, 3.05) is 6.61 Å². The molecule has 0 amide bonds. The second kappa shape index (κ2) is 5.06. The molecule has 11 heavy (non-hydrogen) atoms. The highest BCUT2D eigenvalue weighted by Gasteiger charge is 2.15. The van der Waals surface area contributed by atoms with Crippen molar-refractivity contribution >= 4 is 5.97 Å². The van der Waals surface area contributed by atoms with Crippen LogP contribution in [0.5, 0.6) is 0 Å². The highest BCUT2D eigenvalue weighted by Crippen LogP contribution is 2.01. The number of carbonyl (C=O) groups is 1. The van der Waals surface area contributed by atoms with E-state index in [1.807, 2.05) is 0 Å². The highest BCUT2D eigenvalue weighted by atomic mass is 16.4. The molecule has 0 aromatic carbocycles. The van der Waals surface area contributed by atoms with Crippen LogP contribution in [-0.2, 0) is 4.79 Å². The molecular formula is C6H12O5. The van der Waals surface area contributed by atoms with Crippen LogP contribution in [0.15, 0.2) is 0 Å². The van der Waals surface area contributed by atoms with Gasteiger partial charge in [0.25, 0.3) is 0 Å². The number of rotatable bonds is 5. The Hall–Kier alpha value is -0.650. The molecular weight excluding hydrogens is 152 g/mol. The molecule has 4 N–H and O–H groups in total. The minimum Gasteiger partial charge on any atom is -0.481 e. The summed E-state index contributed by atoms with van der Waals surface area (Å²) in [6.45, 7) is -0.555. The van der Waals surface area contributed by atoms with Crippen LogP contribution in [0.25, 0.3) is 0 Å². The molecule has 0 rings (SSSR count). The third-order valence-electron chi connectivity index (χ3n) is 1.29. The van der Waals surface area contributed by atoms with Crippen LogP contribution in [0.1, 0.15) is 12.8 Å². The van der Waals surface area contributed by atoms with Crippen LogP contribution in [0.4, 0.5) is 0 Å². The summed E-state index contributed by atoms with van der Waals surface area (Å²) in [5, 5.41) is 34.1. The number of aliphatic hydroxyl groups is 3. The molecule has 0 unspecified atom stereocenters. The van der Waals surface area contributed by atoms with Gasteiger partial charge in [-0.3, -0.25) is 4.79 Å². The van der Waals surface area contributed by atoms with E-state index in [1.165, 1.54) is 0 Å². The number of carboxylic acid groups (broad SMARTS) is 1. The molecule has 0 saturated carbocycles. The molecule has 0 radical (unpaired) electrons. The van der Waals surface area contributed by atoms with E-state index in [0.29, 0.717) is 0 Å². The van der Waals surface area contributed by atoms with Crippen molar-refractivity contribution in [2.45, 2.75) is 25.0 Å². The zero-order valence-electron chi connectivity index (χ0n) is 5.97. The Morgan fingerprint density at radius 1 is 1.27 bits per heavy atom. The zero-order valence-corrected chi connectivity index (χ0v) is 5.97. The van der Waals surface area contributed by atoms with Gasteiger partial charge in [0.15, 0.2) is 0 Å². The molecule has 0 aliphatic rings. The Morgan fingerprint density at radius 3 is 2.18 bits per heavy atom. The van der Waals surface area contributed by atoms with Gasteiger partial charge in [0.05, 0.1) is 12.7 Å². The van der Waals surface area contributed by atoms with Crippen LogP contribution in [0.2, 0.25) is 0 Å². The van der Waals surface area contributed by atoms with Gasteiger partial charge >= 0.3 is 5.97 Å². The van der Waals surface area contributed by atoms with Gasteiger partial charge in [0.1, 0.15) is 6.10 Å². The smallest absolute Gasteiger partial charge is 0.303 e. The van der Waals surface area contributed by atoms with Crippen LogP contribution in [0.3, 0.4) is 0 Å². The molecule has 0 fully saturated rings. The summed E-state index contributed by atoms with van der Waals surface area (Å²) in [6.07, 6.45) is -2.65. The number of hydrogen-bond acceptors (Lipinski definition) is 4. The van der Waals surface area contributed by atoms with Crippen molar-refractivity contribution < 1.29 is 25.2 Å². The van der Waals surface area contributed by atoms with E-state index >= 15 is 0 Å². The van der Waals surface area contributed by atoms with Crippen LogP contribution >= 0.6 is 0 Å². The topological polar surface area (TPSA) is 98.0 Å². The normalized spacial score (nSPS) is 15.9. The van der Waals surface area contributed by atoms with E-state index in [4.69, 9.17) is 20.4 Å². The monoisotopic (exact) mass is 164 g/mol. The average molecular weight is 164 g/mol. The van der Waals surface area contributed by atoms with Gasteiger partial charge in [-0.25, -0.2) is 0 Å². The number of aliphatic hydroxyl groups excluding tert-OH is 3. The Labute approximate surface area is 63.9 Å². The standard InChI is InChI=1S/C6H12O5/c7-3-5(9)4(8)1-2-6(10)11/h4-5,7-9H,1-3H2,(H,10,11)/t4-,5-/m0/s1. The minimum atomic E-state index is -1.24. The van der Waals surface area contributed by atoms with Crippen LogP contribution in [0, 0.1) is 0 Å². The van der Waals surface area contributed by atoms with E-state index in [1.54, 1.807) is 0 Å². The van der Waals surface area contributed by atoms with Crippen molar-refractivity contribution in [3.05, 3.63) is 0 Å². The SMILES string of the molecule is O=C(O)CC[C@H](O)[C@@H](O)CO. The van der Waals surface area contributed by atoms with Gasteiger partial charge in [-0.1, -0.05) is 0 Å². The fourth-order valence-electron chi connectivity index (χ4n) is 0.585. The minimum absolute atomic E-state index is 0.0446. The summed E-state index contributed by atoms with van der Waals surface area (Å²) in [7, 11) is 0. The van der Waals surface area contributed by atoms with Crippen LogP contribution in [-0.4, -0.2) is 45.2 Å². The van der Waals surface area contributed by atoms with Crippen molar-refractivity contribution in [2.24, 2.45) is 0 Å². The summed E-state index contributed by atoms with van der Waals surface area (Å²) in [4.78, 5) is 9.96. The largest absolute Gasteiger partial charge is 0.481 e. The van der Waals surface area contributed by atoms with E-state index in [9.17, 15) is 4.79 Å². The fraction of sp³-hybridized carbons (Fsp3) is 0.833. The molecule has 0 spiro atoms. The Kier molecular flexibility index (Phi) is 4.76. The van der Waals surface area contributed by atoms with Crippen molar-refractivity contribution in [3.63, 3.8) is 0 Å². The predicted molar refractivity (Wildman–Crippen MR) is 36.0 cm³/mol. The van der Waals surface area contributed by atoms with Gasteiger partial charge in [-0.2, -0.15) is 0 Å². The molecule has 0 aromatic rings. The van der Waals surface area contributed by atoms with Gasteiger partial charge in [0.2, 0.25) is 0 Å². The second-order valence-corrected chi connectivity index (χ2v) is 2.25. The molecule has 66 valence electrons. The summed E-state index contributed by atoms with van der Waals surface area (Å²) < 4.78 is 0. The fourth-order valence-corrected chi connectivity index (χ4v) is 0.585. The third-order valence-corrected chi connectivity index (χ3v) is 1.29. The zero-order chi connectivity index (χ0) is 8.85. The van der Waals surface area contributed by atoms with Crippen molar-refractivity contribution in [1.29, 1.82) is 0 Å². The van der Waals surface area contributed by atoms with Gasteiger partial charge in [-0.05, 0) is 6.42 Å². The molecule has 0 aliphatic carbocycles. The second-order valence-electron chi connectivity index (χ2n) is 2.25. The highest BCUT2D eigenvalue weighted by molar-refractivity contribution is 5.66. The first-order valence-electron chi connectivity index (χ1n) is 3.26. The summed E-state index contributed by atoms with van der Waals surface area (Å²) in [5.41, 5.74) is 0. The first-order chi connectivity index (χ1) is 5.07. The van der Waals surface area contributed by atoms with Crippen LogP contribution < -0.4 is 0 Å². The van der Waals surface area contributed by atoms with Crippen molar-refractivity contribution in [1.82, 2.24) is 0 Å². The van der Waals surface area contributed by atoms with E-state index in [2.05, 4.69) is 0 Å². The quantitative estimate of drug-likeness (QED) is 0.399. The molecule has 5 nitrogen and oxygen atoms in total. The Bertz CT molecular complexity index is 124. The molecule has 0 aromatic heterocycles. The lowest BCUT2D eigenvalue weighted by atomic mass is 10.1. The summed E-state index contributed by atoms with van der Waals surface area (Å²) in [6, 6.07) is 0. The number of carboxylic acids is 1. The Morgan fingerprint density at radius 2 is 1.82 bits per heavy atom. The lowest BCUT2D eigenvalue weighted by Crippen LogP contribution is -2.29. The first-order valence-corrected chi connectivity index (χ1v) is 3.26. The maximum Gasteiger partial charge on any atom is 0.303 e. The maximum atomic E-state index is 9.96. The first kappa shape index (κ1) is 10.3. The molecule has 0 saturated heterocycles. The lowest BCUT2D eigenvalue weighted by Gasteiger charge is -2.13. The average Bonchev–Trinajstić information content (AvgIpc) is 1.98. The van der Waals surface area contributed by atoms with Gasteiger partial charge in [0, 0.05) is 6.42 Å². The number of aliphatic carboxylic acids is 1. The van der Waals surface area contributed by atoms with Gasteiger partial charge in [-0.15, -0.1) is 0 Å². The molecule has 5 heteroatoms. The van der Waals surface area contributed by atoms with Gasteiger partial charge < -0.3 is 20.4 Å².